The van der Waals surface area contributed by atoms with Gasteiger partial charge >= 0.3 is 0 Å². The Kier molecular flexibility index (Phi) is 5.24. The fraction of sp³-hybridized carbons (Fsp3) is 0.263. The first-order valence-electron chi connectivity index (χ1n) is 8.20. The van der Waals surface area contributed by atoms with E-state index >= 15 is 0 Å². The number of hydrogen-bond donors (Lipinski definition) is 1. The molecule has 25 heavy (non-hydrogen) atoms. The highest BCUT2D eigenvalue weighted by Crippen LogP contribution is 2.40. The van der Waals surface area contributed by atoms with E-state index in [4.69, 9.17) is 16.3 Å². The second-order valence-electron chi connectivity index (χ2n) is 5.82. The van der Waals surface area contributed by atoms with Crippen molar-refractivity contribution in [2.75, 3.05) is 6.61 Å². The lowest BCUT2D eigenvalue weighted by molar-refractivity contribution is 0.305. The highest BCUT2D eigenvalue weighted by atomic mass is 35.5. The number of nitroso groups, excluding NO2 is 1. The second kappa shape index (κ2) is 7.57. The van der Waals surface area contributed by atoms with Gasteiger partial charge in [0, 0.05) is 16.0 Å². The molecule has 1 aromatic heterocycles. The minimum Gasteiger partial charge on any atom is -0.493 e. The highest BCUT2D eigenvalue weighted by Gasteiger charge is 2.19. The van der Waals surface area contributed by atoms with Crippen molar-refractivity contribution in [3.05, 3.63) is 58.0 Å². The number of fused-ring (bicyclic) bond motifs is 1. The van der Waals surface area contributed by atoms with E-state index in [1.807, 2.05) is 24.3 Å². The van der Waals surface area contributed by atoms with Crippen LogP contribution in [0.2, 0.25) is 5.02 Å². The topological polar surface area (TPSA) is 63.8 Å². The van der Waals surface area contributed by atoms with E-state index < -0.39 is 0 Å². The number of hydrogen-bond acceptors (Lipinski definition) is 4. The molecule has 0 saturated carbocycles. The molecule has 0 saturated heterocycles. The standard InChI is InChI=1S/C19H19ClN2O3/c1-2-3-10-25-17-7-5-4-6-13(17)12-22-16-9-8-14(20)11-15(16)18(21-24)19(22)23/h4-9,11,23H,2-3,10,12H2,1H3. The monoisotopic (exact) mass is 358 g/mol. The van der Waals surface area contributed by atoms with Gasteiger partial charge in [-0.05, 0) is 35.9 Å². The lowest BCUT2D eigenvalue weighted by atomic mass is 10.2. The van der Waals surface area contributed by atoms with Crippen LogP contribution in [0.25, 0.3) is 10.9 Å². The largest absolute Gasteiger partial charge is 0.493 e. The molecule has 0 radical (unpaired) electrons. The summed E-state index contributed by atoms with van der Waals surface area (Å²) in [5.41, 5.74) is 1.61. The molecule has 5 nitrogen and oxygen atoms in total. The van der Waals surface area contributed by atoms with Gasteiger partial charge in [0.2, 0.25) is 5.88 Å². The van der Waals surface area contributed by atoms with Gasteiger partial charge in [-0.2, -0.15) is 0 Å². The Balaban J connectivity index is 2.02. The molecule has 3 aromatic rings. The van der Waals surface area contributed by atoms with E-state index in [-0.39, 0.29) is 11.6 Å². The third-order valence-electron chi connectivity index (χ3n) is 4.12. The van der Waals surface area contributed by atoms with Crippen molar-refractivity contribution in [1.29, 1.82) is 0 Å². The van der Waals surface area contributed by atoms with Crippen LogP contribution >= 0.6 is 11.6 Å². The fourth-order valence-corrected chi connectivity index (χ4v) is 2.99. The third-order valence-corrected chi connectivity index (χ3v) is 4.35. The number of aromatic hydroxyl groups is 1. The van der Waals surface area contributed by atoms with Crippen molar-refractivity contribution in [2.45, 2.75) is 26.3 Å². The van der Waals surface area contributed by atoms with Gasteiger partial charge in [-0.15, -0.1) is 4.91 Å². The summed E-state index contributed by atoms with van der Waals surface area (Å²) >= 11 is 6.01. The predicted molar refractivity (Wildman–Crippen MR) is 100 cm³/mol. The summed E-state index contributed by atoms with van der Waals surface area (Å²) in [5.74, 6) is 0.599. The number of para-hydroxylation sites is 1. The number of halogens is 1. The van der Waals surface area contributed by atoms with Crippen LogP contribution in [0.1, 0.15) is 25.3 Å². The lowest BCUT2D eigenvalue weighted by Gasteiger charge is -2.13. The van der Waals surface area contributed by atoms with Gasteiger partial charge in [0.15, 0.2) is 5.69 Å². The van der Waals surface area contributed by atoms with Crippen LogP contribution < -0.4 is 4.74 Å². The molecule has 1 heterocycles. The van der Waals surface area contributed by atoms with Crippen LogP contribution in [0.5, 0.6) is 11.6 Å². The Bertz CT molecular complexity index is 905. The average Bonchev–Trinajstić information content (AvgIpc) is 2.87. The number of unbranched alkanes of at least 4 members (excludes halogenated alkanes) is 1. The SMILES string of the molecule is CCCCOc1ccccc1Cn1c(O)c(N=O)c2cc(Cl)ccc21. The molecule has 0 amide bonds. The third kappa shape index (κ3) is 3.46. The maximum Gasteiger partial charge on any atom is 0.222 e. The van der Waals surface area contributed by atoms with Gasteiger partial charge < -0.3 is 14.4 Å². The van der Waals surface area contributed by atoms with E-state index in [2.05, 4.69) is 12.1 Å². The number of ether oxygens (including phenoxy) is 1. The summed E-state index contributed by atoms with van der Waals surface area (Å²) in [5, 5.41) is 14.4. The maximum absolute atomic E-state index is 11.2. The summed E-state index contributed by atoms with van der Waals surface area (Å²) in [6, 6.07) is 12.8. The number of rotatable bonds is 7. The first kappa shape index (κ1) is 17.3. The van der Waals surface area contributed by atoms with Gasteiger partial charge in [-0.3, -0.25) is 0 Å². The first-order chi connectivity index (χ1) is 12.2. The van der Waals surface area contributed by atoms with E-state index in [9.17, 15) is 10.0 Å². The molecular formula is C19H19ClN2O3. The molecule has 130 valence electrons. The summed E-state index contributed by atoms with van der Waals surface area (Å²) in [7, 11) is 0. The van der Waals surface area contributed by atoms with Gasteiger partial charge in [0.05, 0.1) is 18.7 Å². The molecule has 3 rings (SSSR count). The number of aromatic nitrogens is 1. The quantitative estimate of drug-likeness (QED) is 0.440. The molecule has 1 N–H and O–H groups in total. The molecule has 0 bridgehead atoms. The summed E-state index contributed by atoms with van der Waals surface area (Å²) < 4.78 is 7.50. The Morgan fingerprint density at radius 2 is 2.04 bits per heavy atom. The van der Waals surface area contributed by atoms with Crippen molar-refractivity contribution in [1.82, 2.24) is 4.57 Å². The molecule has 0 spiro atoms. The molecular weight excluding hydrogens is 340 g/mol. The normalized spacial score (nSPS) is 11.0. The fourth-order valence-electron chi connectivity index (χ4n) is 2.82. The summed E-state index contributed by atoms with van der Waals surface area (Å²) in [4.78, 5) is 11.2. The second-order valence-corrected chi connectivity index (χ2v) is 6.26. The van der Waals surface area contributed by atoms with Gasteiger partial charge in [-0.1, -0.05) is 43.1 Å². The van der Waals surface area contributed by atoms with E-state index in [1.165, 1.54) is 0 Å². The molecule has 0 atom stereocenters. The zero-order chi connectivity index (χ0) is 17.8. The number of nitrogens with zero attached hydrogens (tertiary/aromatic N) is 2. The molecule has 0 aliphatic heterocycles. The van der Waals surface area contributed by atoms with Crippen molar-refractivity contribution >= 4 is 28.2 Å². The Labute approximate surface area is 150 Å². The molecule has 6 heteroatoms. The minimum atomic E-state index is -0.171. The molecule has 0 unspecified atom stereocenters. The van der Waals surface area contributed by atoms with Gasteiger partial charge in [-0.25, -0.2) is 0 Å². The molecule has 0 aliphatic carbocycles. The average molecular weight is 359 g/mol. The van der Waals surface area contributed by atoms with E-state index in [1.54, 1.807) is 22.8 Å². The molecule has 0 aliphatic rings. The van der Waals surface area contributed by atoms with Crippen LogP contribution in [-0.4, -0.2) is 16.3 Å². The van der Waals surface area contributed by atoms with Crippen molar-refractivity contribution in [3.63, 3.8) is 0 Å². The maximum atomic E-state index is 11.2. The van der Waals surface area contributed by atoms with E-state index in [0.717, 1.165) is 24.2 Å². The molecule has 0 fully saturated rings. The first-order valence-corrected chi connectivity index (χ1v) is 8.58. The Morgan fingerprint density at radius 1 is 1.24 bits per heavy atom. The van der Waals surface area contributed by atoms with Crippen LogP contribution in [0.3, 0.4) is 0 Å². The van der Waals surface area contributed by atoms with Crippen molar-refractivity contribution in [3.8, 4) is 11.6 Å². The van der Waals surface area contributed by atoms with Crippen LogP contribution in [0.15, 0.2) is 47.6 Å². The molecule has 2 aromatic carbocycles. The van der Waals surface area contributed by atoms with Crippen molar-refractivity contribution in [2.24, 2.45) is 5.18 Å². The summed E-state index contributed by atoms with van der Waals surface area (Å²) in [6.07, 6.45) is 2.03. The van der Waals surface area contributed by atoms with Gasteiger partial charge in [0.1, 0.15) is 5.75 Å². The van der Waals surface area contributed by atoms with Crippen LogP contribution in [0, 0.1) is 4.91 Å². The smallest absolute Gasteiger partial charge is 0.222 e. The Hall–Kier alpha value is -2.53. The van der Waals surface area contributed by atoms with E-state index in [0.29, 0.717) is 29.1 Å². The zero-order valence-corrected chi connectivity index (χ0v) is 14.7. The highest BCUT2D eigenvalue weighted by molar-refractivity contribution is 6.31. The lowest BCUT2D eigenvalue weighted by Crippen LogP contribution is -2.04. The van der Waals surface area contributed by atoms with Crippen LogP contribution in [0.4, 0.5) is 5.69 Å². The summed E-state index contributed by atoms with van der Waals surface area (Å²) in [6.45, 7) is 3.11. The Morgan fingerprint density at radius 3 is 2.80 bits per heavy atom. The zero-order valence-electron chi connectivity index (χ0n) is 13.9. The minimum absolute atomic E-state index is 0.00174. The predicted octanol–water partition coefficient (Wildman–Crippen LogP) is 5.63. The number of benzene rings is 2. The van der Waals surface area contributed by atoms with Gasteiger partial charge in [0.25, 0.3) is 0 Å². The van der Waals surface area contributed by atoms with Crippen LogP contribution in [-0.2, 0) is 6.54 Å². The van der Waals surface area contributed by atoms with Crippen molar-refractivity contribution < 1.29 is 9.84 Å².